The van der Waals surface area contributed by atoms with Gasteiger partial charge in [0, 0.05) is 5.39 Å². The maximum Gasteiger partial charge on any atom is 0.272 e. The summed E-state index contributed by atoms with van der Waals surface area (Å²) >= 11 is 0. The number of rotatable bonds is 5. The van der Waals surface area contributed by atoms with Crippen LogP contribution in [0.1, 0.15) is 30.6 Å². The van der Waals surface area contributed by atoms with E-state index in [4.69, 9.17) is 4.74 Å². The first-order chi connectivity index (χ1) is 9.49. The molecule has 0 aliphatic rings. The normalized spacial score (nSPS) is 13.3. The molecule has 0 aliphatic carbocycles. The molecule has 1 unspecified atom stereocenters. The standard InChI is InChI=1S/C15H18O4S/c1-3-6-15(20(16,17)18)13-9-10-14(19-2)12-8-5-4-7-11(12)13/h4-5,7-10,15H,3,6H2,1-2H3,(H,16,17,18). The molecule has 0 saturated heterocycles. The second-order valence-corrected chi connectivity index (χ2v) is 6.29. The van der Waals surface area contributed by atoms with Crippen LogP contribution in [0.5, 0.6) is 5.75 Å². The zero-order chi connectivity index (χ0) is 14.8. The van der Waals surface area contributed by atoms with E-state index in [0.717, 1.165) is 10.8 Å². The molecular formula is C15H18O4S. The fraction of sp³-hybridized carbons (Fsp3) is 0.333. The van der Waals surface area contributed by atoms with Gasteiger partial charge in [0.05, 0.1) is 7.11 Å². The number of benzene rings is 2. The van der Waals surface area contributed by atoms with Gasteiger partial charge in [-0.3, -0.25) is 4.55 Å². The van der Waals surface area contributed by atoms with Crippen LogP contribution in [-0.2, 0) is 10.1 Å². The Labute approximate surface area is 119 Å². The van der Waals surface area contributed by atoms with Gasteiger partial charge in [-0.25, -0.2) is 0 Å². The Morgan fingerprint density at radius 2 is 1.80 bits per heavy atom. The van der Waals surface area contributed by atoms with Gasteiger partial charge in [-0.2, -0.15) is 8.42 Å². The molecule has 0 heterocycles. The Hall–Kier alpha value is -1.59. The average Bonchev–Trinajstić information content (AvgIpc) is 2.43. The van der Waals surface area contributed by atoms with Crippen molar-refractivity contribution in [2.75, 3.05) is 7.11 Å². The third kappa shape index (κ3) is 2.78. The van der Waals surface area contributed by atoms with Crippen LogP contribution in [0.3, 0.4) is 0 Å². The van der Waals surface area contributed by atoms with E-state index in [-0.39, 0.29) is 0 Å². The summed E-state index contributed by atoms with van der Waals surface area (Å²) in [5, 5.41) is 0.739. The zero-order valence-electron chi connectivity index (χ0n) is 11.5. The second-order valence-electron chi connectivity index (χ2n) is 4.69. The Morgan fingerprint density at radius 1 is 1.15 bits per heavy atom. The highest BCUT2D eigenvalue weighted by Gasteiger charge is 2.26. The predicted molar refractivity (Wildman–Crippen MR) is 79.7 cm³/mol. The van der Waals surface area contributed by atoms with Crippen LogP contribution < -0.4 is 4.74 Å². The molecule has 5 heteroatoms. The van der Waals surface area contributed by atoms with Crippen molar-refractivity contribution in [3.63, 3.8) is 0 Å². The lowest BCUT2D eigenvalue weighted by Gasteiger charge is -2.17. The van der Waals surface area contributed by atoms with Gasteiger partial charge in [-0.15, -0.1) is 0 Å². The van der Waals surface area contributed by atoms with Crippen LogP contribution in [0.25, 0.3) is 10.8 Å². The van der Waals surface area contributed by atoms with Gasteiger partial charge in [0.15, 0.2) is 0 Å². The summed E-state index contributed by atoms with van der Waals surface area (Å²) in [6, 6.07) is 10.9. The predicted octanol–water partition coefficient (Wildman–Crippen LogP) is 3.58. The van der Waals surface area contributed by atoms with Crippen LogP contribution >= 0.6 is 0 Å². The van der Waals surface area contributed by atoms with Crippen LogP contribution in [0.2, 0.25) is 0 Å². The third-order valence-corrected chi connectivity index (χ3v) is 4.60. The van der Waals surface area contributed by atoms with E-state index in [1.165, 1.54) is 0 Å². The molecule has 4 nitrogen and oxygen atoms in total. The first-order valence-electron chi connectivity index (χ1n) is 6.51. The van der Waals surface area contributed by atoms with E-state index in [9.17, 15) is 13.0 Å². The van der Waals surface area contributed by atoms with Crippen molar-refractivity contribution in [3.8, 4) is 5.75 Å². The molecule has 0 bridgehead atoms. The molecule has 2 rings (SSSR count). The smallest absolute Gasteiger partial charge is 0.272 e. The Kier molecular flexibility index (Phi) is 4.30. The second kappa shape index (κ2) is 5.81. The highest BCUT2D eigenvalue weighted by molar-refractivity contribution is 7.86. The maximum absolute atomic E-state index is 11.6. The van der Waals surface area contributed by atoms with Gasteiger partial charge in [0.1, 0.15) is 11.0 Å². The largest absolute Gasteiger partial charge is 0.496 e. The highest BCUT2D eigenvalue weighted by atomic mass is 32.2. The Morgan fingerprint density at radius 3 is 2.35 bits per heavy atom. The molecule has 1 N–H and O–H groups in total. The van der Waals surface area contributed by atoms with E-state index < -0.39 is 15.4 Å². The Balaban J connectivity index is 2.71. The zero-order valence-corrected chi connectivity index (χ0v) is 12.4. The van der Waals surface area contributed by atoms with Crippen LogP contribution in [0, 0.1) is 0 Å². The number of hydrogen-bond donors (Lipinski definition) is 1. The van der Waals surface area contributed by atoms with Crippen molar-refractivity contribution in [3.05, 3.63) is 42.0 Å². The van der Waals surface area contributed by atoms with E-state index in [1.807, 2.05) is 31.2 Å². The van der Waals surface area contributed by atoms with Crippen molar-refractivity contribution in [2.24, 2.45) is 0 Å². The number of ether oxygens (including phenoxy) is 1. The first-order valence-corrected chi connectivity index (χ1v) is 8.01. The maximum atomic E-state index is 11.6. The summed E-state index contributed by atoms with van der Waals surface area (Å²) in [6.07, 6.45) is 1.06. The van der Waals surface area contributed by atoms with E-state index in [2.05, 4.69) is 0 Å². The summed E-state index contributed by atoms with van der Waals surface area (Å²) < 4.78 is 38.1. The monoisotopic (exact) mass is 294 g/mol. The molecule has 0 spiro atoms. The van der Waals surface area contributed by atoms with Crippen molar-refractivity contribution < 1.29 is 17.7 Å². The summed E-state index contributed by atoms with van der Waals surface area (Å²) in [5.74, 6) is 0.690. The molecule has 0 aliphatic heterocycles. The van der Waals surface area contributed by atoms with Crippen molar-refractivity contribution in [2.45, 2.75) is 25.0 Å². The molecule has 0 amide bonds. The fourth-order valence-electron chi connectivity index (χ4n) is 2.48. The topological polar surface area (TPSA) is 63.6 Å². The molecule has 2 aromatic rings. The minimum atomic E-state index is -4.13. The van der Waals surface area contributed by atoms with E-state index >= 15 is 0 Å². The minimum Gasteiger partial charge on any atom is -0.496 e. The SMILES string of the molecule is CCCC(c1ccc(OC)c2ccccc12)S(=O)(=O)O. The van der Waals surface area contributed by atoms with Crippen LogP contribution in [0.4, 0.5) is 0 Å². The van der Waals surface area contributed by atoms with Gasteiger partial charge in [-0.1, -0.05) is 43.7 Å². The first kappa shape index (κ1) is 14.8. The lowest BCUT2D eigenvalue weighted by Crippen LogP contribution is -2.12. The van der Waals surface area contributed by atoms with Crippen molar-refractivity contribution in [1.29, 1.82) is 0 Å². The molecular weight excluding hydrogens is 276 g/mol. The molecule has 0 saturated carbocycles. The van der Waals surface area contributed by atoms with E-state index in [1.54, 1.807) is 19.2 Å². The lowest BCUT2D eigenvalue weighted by atomic mass is 9.99. The lowest BCUT2D eigenvalue weighted by molar-refractivity contribution is 0.419. The summed E-state index contributed by atoms with van der Waals surface area (Å²) in [5.41, 5.74) is 0.616. The van der Waals surface area contributed by atoms with Crippen molar-refractivity contribution in [1.82, 2.24) is 0 Å². The Bertz CT molecular complexity index is 707. The molecule has 0 aromatic heterocycles. The van der Waals surface area contributed by atoms with E-state index in [0.29, 0.717) is 24.2 Å². The van der Waals surface area contributed by atoms with Gasteiger partial charge < -0.3 is 4.74 Å². The fourth-order valence-corrected chi connectivity index (χ4v) is 3.54. The number of fused-ring (bicyclic) bond motifs is 1. The molecule has 20 heavy (non-hydrogen) atoms. The summed E-state index contributed by atoms with van der Waals surface area (Å²) in [6.45, 7) is 1.89. The molecule has 0 fully saturated rings. The molecule has 1 atom stereocenters. The molecule has 2 aromatic carbocycles. The average molecular weight is 294 g/mol. The number of methoxy groups -OCH3 is 1. The van der Waals surface area contributed by atoms with Crippen molar-refractivity contribution >= 4 is 20.9 Å². The number of hydrogen-bond acceptors (Lipinski definition) is 3. The molecule has 0 radical (unpaired) electrons. The van der Waals surface area contributed by atoms with Crippen LogP contribution in [0.15, 0.2) is 36.4 Å². The summed E-state index contributed by atoms with van der Waals surface area (Å²) in [7, 11) is -2.55. The quantitative estimate of drug-likeness (QED) is 0.856. The van der Waals surface area contributed by atoms with Gasteiger partial charge in [0.25, 0.3) is 10.1 Å². The third-order valence-electron chi connectivity index (χ3n) is 3.40. The molecule has 108 valence electrons. The van der Waals surface area contributed by atoms with Gasteiger partial charge in [0.2, 0.25) is 0 Å². The highest BCUT2D eigenvalue weighted by Crippen LogP contribution is 2.36. The van der Waals surface area contributed by atoms with Gasteiger partial charge >= 0.3 is 0 Å². The minimum absolute atomic E-state index is 0.384. The van der Waals surface area contributed by atoms with Gasteiger partial charge in [-0.05, 0) is 23.4 Å². The van der Waals surface area contributed by atoms with Crippen LogP contribution in [-0.4, -0.2) is 20.1 Å². The summed E-state index contributed by atoms with van der Waals surface area (Å²) in [4.78, 5) is 0.